The molecule has 3 aromatic carbocycles. The molecule has 1 aliphatic carbocycles. The minimum absolute atomic E-state index is 0.124. The minimum Gasteiger partial charge on any atom is -0.483 e. The number of amides is 2. The summed E-state index contributed by atoms with van der Waals surface area (Å²) in [6.45, 7) is 4.21. The average molecular weight is 646 g/mol. The van der Waals surface area contributed by atoms with Gasteiger partial charge in [-0.2, -0.15) is 0 Å². The van der Waals surface area contributed by atoms with E-state index in [0.717, 1.165) is 41.3 Å². The van der Waals surface area contributed by atoms with Gasteiger partial charge in [0, 0.05) is 19.0 Å². The Hall–Kier alpha value is -2.54. The van der Waals surface area contributed by atoms with Crippen molar-refractivity contribution < 1.29 is 14.3 Å². The minimum atomic E-state index is -0.736. The van der Waals surface area contributed by atoms with Crippen LogP contribution in [0.15, 0.2) is 71.2 Å². The number of hydrogen-bond donors (Lipinski definition) is 1. The van der Waals surface area contributed by atoms with Crippen molar-refractivity contribution in [2.75, 3.05) is 6.61 Å². The molecule has 0 saturated heterocycles. The first-order chi connectivity index (χ1) is 19.2. The molecule has 1 atom stereocenters. The van der Waals surface area contributed by atoms with Crippen LogP contribution in [0.1, 0.15) is 62.1 Å². The van der Waals surface area contributed by atoms with E-state index < -0.39 is 6.04 Å². The Morgan fingerprint density at radius 1 is 0.975 bits per heavy atom. The van der Waals surface area contributed by atoms with Crippen LogP contribution in [0.25, 0.3) is 0 Å². The third-order valence-corrected chi connectivity index (χ3v) is 8.64. The molecule has 0 bridgehead atoms. The van der Waals surface area contributed by atoms with E-state index in [1.807, 2.05) is 54.6 Å². The highest BCUT2D eigenvalue weighted by Gasteiger charge is 2.32. The molecule has 0 spiro atoms. The first-order valence-electron chi connectivity index (χ1n) is 13.7. The van der Waals surface area contributed by atoms with Gasteiger partial charge in [-0.15, -0.1) is 0 Å². The van der Waals surface area contributed by atoms with E-state index in [2.05, 4.69) is 35.1 Å². The molecule has 0 aromatic heterocycles. The van der Waals surface area contributed by atoms with Gasteiger partial charge in [-0.1, -0.05) is 92.4 Å². The highest BCUT2D eigenvalue weighted by molar-refractivity contribution is 9.10. The molecule has 1 aliphatic rings. The Labute approximate surface area is 255 Å². The number of nitrogens with zero attached hydrogens (tertiary/aromatic N) is 1. The fraction of sp³-hybridized carbons (Fsp3) is 0.375. The molecule has 3 aromatic rings. The van der Waals surface area contributed by atoms with Gasteiger partial charge in [-0.25, -0.2) is 0 Å². The Kier molecular flexibility index (Phi) is 10.9. The second kappa shape index (κ2) is 14.4. The first-order valence-corrected chi connectivity index (χ1v) is 15.3. The lowest BCUT2D eigenvalue weighted by Gasteiger charge is -2.32. The molecule has 0 radical (unpaired) electrons. The van der Waals surface area contributed by atoms with Crippen molar-refractivity contribution in [3.8, 4) is 5.75 Å². The quantitative estimate of drug-likeness (QED) is 0.230. The predicted molar refractivity (Wildman–Crippen MR) is 165 cm³/mol. The maximum absolute atomic E-state index is 13.9. The molecule has 0 aliphatic heterocycles. The smallest absolute Gasteiger partial charge is 0.261 e. The van der Waals surface area contributed by atoms with Gasteiger partial charge in [-0.05, 0) is 75.6 Å². The van der Waals surface area contributed by atoms with Gasteiger partial charge in [-0.3, -0.25) is 9.59 Å². The van der Waals surface area contributed by atoms with Crippen LogP contribution in [0.4, 0.5) is 0 Å². The maximum atomic E-state index is 13.9. The van der Waals surface area contributed by atoms with Crippen molar-refractivity contribution in [3.05, 3.63) is 97.9 Å². The second-order valence-electron chi connectivity index (χ2n) is 10.6. The van der Waals surface area contributed by atoms with Crippen molar-refractivity contribution in [3.63, 3.8) is 0 Å². The van der Waals surface area contributed by atoms with Crippen molar-refractivity contribution in [2.45, 2.75) is 70.5 Å². The molecule has 0 heterocycles. The Balaban J connectivity index is 1.62. The van der Waals surface area contributed by atoms with E-state index in [1.54, 1.807) is 17.0 Å². The third-order valence-electron chi connectivity index (χ3n) is 7.28. The van der Waals surface area contributed by atoms with Crippen LogP contribution in [0.5, 0.6) is 5.75 Å². The van der Waals surface area contributed by atoms with Crippen LogP contribution in [0.3, 0.4) is 0 Å². The van der Waals surface area contributed by atoms with Crippen LogP contribution in [-0.4, -0.2) is 35.4 Å². The van der Waals surface area contributed by atoms with E-state index in [-0.39, 0.29) is 31.0 Å². The van der Waals surface area contributed by atoms with Gasteiger partial charge in [0.2, 0.25) is 5.91 Å². The normalized spacial score (nSPS) is 14.2. The van der Waals surface area contributed by atoms with E-state index in [9.17, 15) is 9.59 Å². The van der Waals surface area contributed by atoms with E-state index >= 15 is 0 Å². The monoisotopic (exact) mass is 644 g/mol. The number of hydrogen-bond acceptors (Lipinski definition) is 3. The number of nitrogens with one attached hydrogen (secondary N) is 1. The van der Waals surface area contributed by atoms with Crippen LogP contribution >= 0.6 is 39.1 Å². The number of benzene rings is 3. The van der Waals surface area contributed by atoms with E-state index in [0.29, 0.717) is 28.1 Å². The van der Waals surface area contributed by atoms with Gasteiger partial charge in [0.25, 0.3) is 5.91 Å². The lowest BCUT2D eigenvalue weighted by molar-refractivity contribution is -0.143. The highest BCUT2D eigenvalue weighted by atomic mass is 79.9. The van der Waals surface area contributed by atoms with Gasteiger partial charge in [0.05, 0.1) is 14.5 Å². The molecule has 1 saturated carbocycles. The molecule has 8 heteroatoms. The molecule has 212 valence electrons. The summed E-state index contributed by atoms with van der Waals surface area (Å²) >= 11 is 16.0. The molecule has 1 fully saturated rings. The largest absolute Gasteiger partial charge is 0.483 e. The summed E-state index contributed by atoms with van der Waals surface area (Å²) in [5, 5.41) is 4.04. The fourth-order valence-corrected chi connectivity index (χ4v) is 5.80. The Bertz CT molecular complexity index is 1310. The zero-order valence-corrected chi connectivity index (χ0v) is 25.9. The topological polar surface area (TPSA) is 58.6 Å². The van der Waals surface area contributed by atoms with Gasteiger partial charge in [0.1, 0.15) is 11.8 Å². The van der Waals surface area contributed by atoms with Gasteiger partial charge < -0.3 is 15.0 Å². The number of carbonyl (C=O) groups excluding carboxylic acids is 2. The van der Waals surface area contributed by atoms with Crippen molar-refractivity contribution >= 4 is 50.9 Å². The number of rotatable bonds is 11. The zero-order chi connectivity index (χ0) is 28.6. The van der Waals surface area contributed by atoms with Gasteiger partial charge >= 0.3 is 0 Å². The van der Waals surface area contributed by atoms with Crippen LogP contribution < -0.4 is 10.1 Å². The summed E-state index contributed by atoms with van der Waals surface area (Å²) in [5.74, 6) is 0.480. The number of halogens is 3. The number of carbonyl (C=O) groups is 2. The number of ether oxygens (including phenoxy) is 1. The zero-order valence-electron chi connectivity index (χ0n) is 22.8. The molecular formula is C32H35BrCl2N2O3. The fourth-order valence-electron chi connectivity index (χ4n) is 4.97. The van der Waals surface area contributed by atoms with E-state index in [4.69, 9.17) is 27.9 Å². The summed E-state index contributed by atoms with van der Waals surface area (Å²) in [7, 11) is 0. The first kappa shape index (κ1) is 30.4. The van der Waals surface area contributed by atoms with Crippen LogP contribution in [0.2, 0.25) is 10.0 Å². The summed E-state index contributed by atoms with van der Waals surface area (Å²) in [6, 6.07) is 20.3. The van der Waals surface area contributed by atoms with E-state index in [1.165, 1.54) is 5.56 Å². The van der Waals surface area contributed by atoms with Crippen molar-refractivity contribution in [1.29, 1.82) is 0 Å². The predicted octanol–water partition coefficient (Wildman–Crippen LogP) is 7.96. The lowest BCUT2D eigenvalue weighted by Crippen LogP contribution is -2.53. The maximum Gasteiger partial charge on any atom is 0.261 e. The molecule has 1 N–H and O–H groups in total. The Morgan fingerprint density at radius 2 is 1.70 bits per heavy atom. The SMILES string of the molecule is CC(C)c1ccc(OCC(=O)N(Cc2ccc(Cl)c(Cl)c2)[C@H](Cc2ccccc2)C(=O)NC2CCCC2)c(Br)c1. The van der Waals surface area contributed by atoms with Crippen molar-refractivity contribution in [2.24, 2.45) is 0 Å². The van der Waals surface area contributed by atoms with Crippen molar-refractivity contribution in [1.82, 2.24) is 10.2 Å². The standard InChI is InChI=1S/C32H35BrCl2N2O3/c1-21(2)24-13-15-30(26(33)18-24)40-20-31(38)37(19-23-12-14-27(34)28(35)16-23)29(17-22-8-4-3-5-9-22)32(39)36-25-10-6-7-11-25/h3-5,8-9,12-16,18,21,25,29H,6-7,10-11,17,19-20H2,1-2H3,(H,36,39)/t29-/m1/s1. The summed E-state index contributed by atoms with van der Waals surface area (Å²) in [4.78, 5) is 29.3. The highest BCUT2D eigenvalue weighted by Crippen LogP contribution is 2.29. The summed E-state index contributed by atoms with van der Waals surface area (Å²) in [5.41, 5.74) is 2.91. The Morgan fingerprint density at radius 3 is 2.35 bits per heavy atom. The van der Waals surface area contributed by atoms with Crippen LogP contribution in [0, 0.1) is 0 Å². The summed E-state index contributed by atoms with van der Waals surface area (Å²) < 4.78 is 6.77. The average Bonchev–Trinajstić information content (AvgIpc) is 3.45. The molecular weight excluding hydrogens is 611 g/mol. The summed E-state index contributed by atoms with van der Waals surface area (Å²) in [6.07, 6.45) is 4.47. The molecule has 4 rings (SSSR count). The molecule has 0 unspecified atom stereocenters. The molecule has 2 amide bonds. The molecule has 5 nitrogen and oxygen atoms in total. The van der Waals surface area contributed by atoms with Crippen LogP contribution in [-0.2, 0) is 22.6 Å². The second-order valence-corrected chi connectivity index (χ2v) is 12.3. The third kappa shape index (κ3) is 8.25. The lowest BCUT2D eigenvalue weighted by atomic mass is 10.0. The molecule has 40 heavy (non-hydrogen) atoms. The van der Waals surface area contributed by atoms with Gasteiger partial charge in [0.15, 0.2) is 6.61 Å².